The van der Waals surface area contributed by atoms with Gasteiger partial charge in [-0.25, -0.2) is 4.79 Å². The maximum Gasteiger partial charge on any atom is 0.335 e. The van der Waals surface area contributed by atoms with Crippen molar-refractivity contribution in [1.82, 2.24) is 0 Å². The van der Waals surface area contributed by atoms with Crippen LogP contribution in [-0.2, 0) is 11.3 Å². The molecule has 6 heteroatoms. The number of fused-ring (bicyclic) bond motifs is 1. The van der Waals surface area contributed by atoms with Crippen LogP contribution in [0.3, 0.4) is 0 Å². The number of aromatic carboxylic acids is 1. The number of benzene rings is 2. The molecule has 0 saturated carbocycles. The van der Waals surface area contributed by atoms with Crippen LogP contribution in [0.15, 0.2) is 46.9 Å². The van der Waals surface area contributed by atoms with Crippen LogP contribution in [-0.4, -0.2) is 23.1 Å². The van der Waals surface area contributed by atoms with Crippen LogP contribution in [0.4, 0.5) is 5.69 Å². The molecule has 1 aliphatic heterocycles. The minimum absolute atomic E-state index is 0.127. The van der Waals surface area contributed by atoms with Crippen molar-refractivity contribution in [2.75, 3.05) is 4.90 Å². The fourth-order valence-electron chi connectivity index (χ4n) is 2.48. The molecule has 1 heterocycles. The summed E-state index contributed by atoms with van der Waals surface area (Å²) in [5.41, 5.74) is 1.77. The van der Waals surface area contributed by atoms with E-state index < -0.39 is 12.1 Å². The Morgan fingerprint density at radius 2 is 1.96 bits per heavy atom. The molecular weight excluding hydrogens is 362 g/mol. The van der Waals surface area contributed by atoms with Crippen LogP contribution in [0, 0.1) is 0 Å². The molecule has 23 heavy (non-hydrogen) atoms. The first-order chi connectivity index (χ1) is 11.0. The highest BCUT2D eigenvalue weighted by Gasteiger charge is 2.31. The standard InChI is InChI=1S/C17H14BrNO4/c1-10-16(20)19(14-8-13(18)6-7-15(14)23-10)9-11-2-4-12(5-3-11)17(21)22/h2-8,10H,9H2,1H3,(H,21,22)/t10-/m0/s1. The molecular formula is C17H14BrNO4. The van der Waals surface area contributed by atoms with Crippen molar-refractivity contribution >= 4 is 33.5 Å². The van der Waals surface area contributed by atoms with Gasteiger partial charge in [0.2, 0.25) is 0 Å². The van der Waals surface area contributed by atoms with Crippen LogP contribution in [0.2, 0.25) is 0 Å². The highest BCUT2D eigenvalue weighted by atomic mass is 79.9. The number of carboxylic acids is 1. The van der Waals surface area contributed by atoms with Gasteiger partial charge in [-0.05, 0) is 42.8 Å². The lowest BCUT2D eigenvalue weighted by molar-refractivity contribution is -0.125. The van der Waals surface area contributed by atoms with Crippen LogP contribution < -0.4 is 9.64 Å². The van der Waals surface area contributed by atoms with Crippen molar-refractivity contribution < 1.29 is 19.4 Å². The molecule has 0 aliphatic carbocycles. The molecule has 0 aromatic heterocycles. The van der Waals surface area contributed by atoms with Gasteiger partial charge in [-0.15, -0.1) is 0 Å². The third kappa shape index (κ3) is 3.07. The molecule has 0 bridgehead atoms. The van der Waals surface area contributed by atoms with Crippen LogP contribution in [0.25, 0.3) is 0 Å². The molecule has 5 nitrogen and oxygen atoms in total. The Bertz CT molecular complexity index is 773. The lowest BCUT2D eigenvalue weighted by Crippen LogP contribution is -2.44. The van der Waals surface area contributed by atoms with Crippen LogP contribution >= 0.6 is 15.9 Å². The smallest absolute Gasteiger partial charge is 0.335 e. The largest absolute Gasteiger partial charge is 0.479 e. The van der Waals surface area contributed by atoms with E-state index in [0.717, 1.165) is 10.0 Å². The van der Waals surface area contributed by atoms with Gasteiger partial charge >= 0.3 is 5.97 Å². The molecule has 1 amide bonds. The SMILES string of the molecule is C[C@@H]1Oc2ccc(Br)cc2N(Cc2ccc(C(=O)O)cc2)C1=O. The van der Waals surface area contributed by atoms with Crippen molar-refractivity contribution in [1.29, 1.82) is 0 Å². The summed E-state index contributed by atoms with van der Waals surface area (Å²) in [7, 11) is 0. The van der Waals surface area contributed by atoms with Gasteiger partial charge in [0.1, 0.15) is 5.75 Å². The van der Waals surface area contributed by atoms with E-state index in [1.54, 1.807) is 24.0 Å². The summed E-state index contributed by atoms with van der Waals surface area (Å²) in [5, 5.41) is 8.95. The fraction of sp³-hybridized carbons (Fsp3) is 0.176. The minimum atomic E-state index is -0.970. The van der Waals surface area contributed by atoms with Gasteiger partial charge in [0.15, 0.2) is 6.10 Å². The number of anilines is 1. The Morgan fingerprint density at radius 1 is 1.26 bits per heavy atom. The predicted molar refractivity (Wildman–Crippen MR) is 88.8 cm³/mol. The Hall–Kier alpha value is -2.34. The van der Waals surface area contributed by atoms with Crippen molar-refractivity contribution in [3.63, 3.8) is 0 Å². The van der Waals surface area contributed by atoms with E-state index in [2.05, 4.69) is 15.9 Å². The average molecular weight is 376 g/mol. The monoisotopic (exact) mass is 375 g/mol. The number of amides is 1. The minimum Gasteiger partial charge on any atom is -0.479 e. The summed E-state index contributed by atoms with van der Waals surface area (Å²) in [5.74, 6) is -0.442. The number of carboxylic acid groups (broad SMARTS) is 1. The number of halogens is 1. The lowest BCUT2D eigenvalue weighted by Gasteiger charge is -2.33. The Balaban J connectivity index is 1.93. The van der Waals surface area contributed by atoms with E-state index in [-0.39, 0.29) is 11.5 Å². The second kappa shape index (κ2) is 6.04. The normalized spacial score (nSPS) is 16.7. The van der Waals surface area contributed by atoms with Crippen LogP contribution in [0.1, 0.15) is 22.8 Å². The average Bonchev–Trinajstić information content (AvgIpc) is 2.53. The summed E-state index contributed by atoms with van der Waals surface area (Å²) in [6.07, 6.45) is -0.554. The Morgan fingerprint density at radius 3 is 2.61 bits per heavy atom. The predicted octanol–water partition coefficient (Wildman–Crippen LogP) is 3.46. The molecule has 0 fully saturated rings. The zero-order valence-corrected chi connectivity index (χ0v) is 13.9. The van der Waals surface area contributed by atoms with Gasteiger partial charge in [0.05, 0.1) is 17.8 Å². The molecule has 1 aliphatic rings. The van der Waals surface area contributed by atoms with Crippen molar-refractivity contribution in [3.05, 3.63) is 58.1 Å². The first-order valence-corrected chi connectivity index (χ1v) is 7.85. The summed E-state index contributed by atoms with van der Waals surface area (Å²) < 4.78 is 6.48. The number of hydrogen-bond donors (Lipinski definition) is 1. The Kier molecular flexibility index (Phi) is 4.09. The number of rotatable bonds is 3. The third-order valence-corrected chi connectivity index (χ3v) is 4.16. The van der Waals surface area contributed by atoms with E-state index in [4.69, 9.17) is 9.84 Å². The summed E-state index contributed by atoms with van der Waals surface area (Å²) in [6, 6.07) is 12.0. The van der Waals surface area contributed by atoms with E-state index in [1.807, 2.05) is 18.2 Å². The molecule has 0 saturated heterocycles. The van der Waals surface area contributed by atoms with Gasteiger partial charge in [-0.3, -0.25) is 4.79 Å². The molecule has 1 atom stereocenters. The quantitative estimate of drug-likeness (QED) is 0.891. The maximum absolute atomic E-state index is 12.5. The molecule has 3 rings (SSSR count). The summed E-state index contributed by atoms with van der Waals surface area (Å²) in [6.45, 7) is 2.07. The van der Waals surface area contributed by atoms with Crippen molar-refractivity contribution in [3.8, 4) is 5.75 Å². The number of ether oxygens (including phenoxy) is 1. The van der Waals surface area contributed by atoms with Crippen LogP contribution in [0.5, 0.6) is 5.75 Å². The molecule has 0 unspecified atom stereocenters. The van der Waals surface area contributed by atoms with Gasteiger partial charge in [-0.1, -0.05) is 28.1 Å². The van der Waals surface area contributed by atoms with Gasteiger partial charge < -0.3 is 14.7 Å². The summed E-state index contributed by atoms with van der Waals surface area (Å²) in [4.78, 5) is 25.0. The highest BCUT2D eigenvalue weighted by Crippen LogP contribution is 2.37. The van der Waals surface area contributed by atoms with Crippen molar-refractivity contribution in [2.24, 2.45) is 0 Å². The van der Waals surface area contributed by atoms with Gasteiger partial charge in [-0.2, -0.15) is 0 Å². The van der Waals surface area contributed by atoms with Gasteiger partial charge in [0.25, 0.3) is 5.91 Å². The lowest BCUT2D eigenvalue weighted by atomic mass is 10.1. The molecule has 2 aromatic carbocycles. The maximum atomic E-state index is 12.5. The van der Waals surface area contributed by atoms with E-state index in [1.165, 1.54) is 12.1 Å². The number of carbonyl (C=O) groups excluding carboxylic acids is 1. The topological polar surface area (TPSA) is 66.8 Å². The second-order valence-corrected chi connectivity index (χ2v) is 6.21. The zero-order chi connectivity index (χ0) is 16.6. The molecule has 0 radical (unpaired) electrons. The van der Waals surface area contributed by atoms with E-state index >= 15 is 0 Å². The van der Waals surface area contributed by atoms with E-state index in [9.17, 15) is 9.59 Å². The number of nitrogens with zero attached hydrogens (tertiary/aromatic N) is 1. The molecule has 1 N–H and O–H groups in total. The molecule has 0 spiro atoms. The first kappa shape index (κ1) is 15.6. The zero-order valence-electron chi connectivity index (χ0n) is 12.3. The third-order valence-electron chi connectivity index (χ3n) is 3.67. The molecule has 2 aromatic rings. The highest BCUT2D eigenvalue weighted by molar-refractivity contribution is 9.10. The fourth-order valence-corrected chi connectivity index (χ4v) is 2.83. The van der Waals surface area contributed by atoms with Gasteiger partial charge in [0, 0.05) is 4.47 Å². The summed E-state index contributed by atoms with van der Waals surface area (Å²) >= 11 is 3.41. The van der Waals surface area contributed by atoms with Crippen molar-refractivity contribution in [2.45, 2.75) is 19.6 Å². The number of carbonyl (C=O) groups is 2. The Labute approximate surface area is 141 Å². The van der Waals surface area contributed by atoms with E-state index in [0.29, 0.717) is 18.0 Å². The number of hydrogen-bond acceptors (Lipinski definition) is 3. The first-order valence-electron chi connectivity index (χ1n) is 7.05. The second-order valence-electron chi connectivity index (χ2n) is 5.30. The molecule has 118 valence electrons.